The van der Waals surface area contributed by atoms with E-state index in [1.807, 2.05) is 54.6 Å². The summed E-state index contributed by atoms with van der Waals surface area (Å²) in [6, 6.07) is 22.8. The number of halogens is 1. The zero-order valence-electron chi connectivity index (χ0n) is 24.0. The molecule has 0 aromatic heterocycles. The predicted molar refractivity (Wildman–Crippen MR) is 169 cm³/mol. The van der Waals surface area contributed by atoms with Crippen molar-refractivity contribution in [2.75, 3.05) is 24.2 Å². The summed E-state index contributed by atoms with van der Waals surface area (Å²) in [6.45, 7) is -0.351. The molecule has 224 valence electrons. The molecule has 0 aliphatic heterocycles. The van der Waals surface area contributed by atoms with Crippen LogP contribution in [-0.2, 0) is 32.6 Å². The fourth-order valence-corrected chi connectivity index (χ4v) is 6.40. The number of amides is 2. The summed E-state index contributed by atoms with van der Waals surface area (Å²) < 4.78 is 33.1. The van der Waals surface area contributed by atoms with Crippen LogP contribution in [0.5, 0.6) is 5.75 Å². The van der Waals surface area contributed by atoms with Gasteiger partial charge < -0.3 is 15.0 Å². The average Bonchev–Trinajstić information content (AvgIpc) is 2.98. The number of anilines is 1. The number of rotatable bonds is 12. The molecule has 0 spiro atoms. The van der Waals surface area contributed by atoms with E-state index in [1.165, 1.54) is 4.90 Å². The van der Waals surface area contributed by atoms with Gasteiger partial charge in [0, 0.05) is 23.5 Å². The Morgan fingerprint density at radius 2 is 1.62 bits per heavy atom. The molecule has 3 aromatic carbocycles. The fraction of sp³-hybridized carbons (Fsp3) is 0.375. The third-order valence-corrected chi connectivity index (χ3v) is 9.17. The number of hydrogen-bond acceptors (Lipinski definition) is 5. The number of carbonyl (C=O) groups is 2. The molecule has 1 aliphatic rings. The Labute approximate surface area is 257 Å². The van der Waals surface area contributed by atoms with Gasteiger partial charge in [0.2, 0.25) is 21.8 Å². The van der Waals surface area contributed by atoms with E-state index in [-0.39, 0.29) is 24.9 Å². The minimum atomic E-state index is -3.82. The van der Waals surface area contributed by atoms with Crippen LogP contribution in [-0.4, -0.2) is 57.1 Å². The predicted octanol–water partition coefficient (Wildman–Crippen LogP) is 5.31. The SMILES string of the molecule is COc1cccc(CN(C(=O)CN(c2ccc(Br)cc2)S(C)(=O)=O)[C@H](Cc2ccccc2)C(=O)NC2CCCCC2)c1. The highest BCUT2D eigenvalue weighted by Gasteiger charge is 2.34. The Bertz CT molecular complexity index is 1440. The molecule has 4 rings (SSSR count). The molecule has 0 bridgehead atoms. The van der Waals surface area contributed by atoms with Crippen LogP contribution < -0.4 is 14.4 Å². The van der Waals surface area contributed by atoms with Crippen LogP contribution in [0.4, 0.5) is 5.69 Å². The first kappa shape index (κ1) is 31.6. The monoisotopic (exact) mass is 655 g/mol. The van der Waals surface area contributed by atoms with Crippen molar-refractivity contribution in [3.8, 4) is 5.75 Å². The first-order chi connectivity index (χ1) is 20.1. The first-order valence-corrected chi connectivity index (χ1v) is 16.8. The minimum absolute atomic E-state index is 0.0496. The maximum atomic E-state index is 14.2. The Morgan fingerprint density at radius 3 is 2.26 bits per heavy atom. The highest BCUT2D eigenvalue weighted by molar-refractivity contribution is 9.10. The van der Waals surface area contributed by atoms with Crippen molar-refractivity contribution < 1.29 is 22.7 Å². The zero-order valence-corrected chi connectivity index (χ0v) is 26.4. The molecular weight excluding hydrogens is 618 g/mol. The number of ether oxygens (including phenoxy) is 1. The lowest BCUT2D eigenvalue weighted by Crippen LogP contribution is -2.55. The molecule has 1 saturated carbocycles. The highest BCUT2D eigenvalue weighted by Crippen LogP contribution is 2.24. The Morgan fingerprint density at radius 1 is 0.952 bits per heavy atom. The van der Waals surface area contributed by atoms with Gasteiger partial charge in [0.15, 0.2) is 0 Å². The van der Waals surface area contributed by atoms with Crippen LogP contribution in [0.2, 0.25) is 0 Å². The molecule has 3 aromatic rings. The third kappa shape index (κ3) is 8.82. The second-order valence-corrected chi connectivity index (χ2v) is 13.5. The van der Waals surface area contributed by atoms with Gasteiger partial charge in [-0.05, 0) is 60.4 Å². The fourth-order valence-electron chi connectivity index (χ4n) is 5.29. The van der Waals surface area contributed by atoms with E-state index in [9.17, 15) is 18.0 Å². The second kappa shape index (κ2) is 14.7. The summed E-state index contributed by atoms with van der Waals surface area (Å²) in [5.41, 5.74) is 2.03. The van der Waals surface area contributed by atoms with Crippen molar-refractivity contribution in [2.24, 2.45) is 0 Å². The lowest BCUT2D eigenvalue weighted by Gasteiger charge is -2.35. The van der Waals surface area contributed by atoms with Crippen molar-refractivity contribution in [3.05, 3.63) is 94.5 Å². The van der Waals surface area contributed by atoms with E-state index < -0.39 is 28.5 Å². The Balaban J connectivity index is 1.72. The molecule has 10 heteroatoms. The van der Waals surface area contributed by atoms with Crippen molar-refractivity contribution >= 4 is 43.5 Å². The van der Waals surface area contributed by atoms with E-state index >= 15 is 0 Å². The molecular formula is C32H38BrN3O5S. The second-order valence-electron chi connectivity index (χ2n) is 10.7. The van der Waals surface area contributed by atoms with Crippen LogP contribution in [0.15, 0.2) is 83.3 Å². The van der Waals surface area contributed by atoms with E-state index in [1.54, 1.807) is 31.4 Å². The number of methoxy groups -OCH3 is 1. The molecule has 1 fully saturated rings. The smallest absolute Gasteiger partial charge is 0.244 e. The van der Waals surface area contributed by atoms with Gasteiger partial charge in [-0.3, -0.25) is 13.9 Å². The molecule has 0 radical (unpaired) electrons. The normalized spacial score (nSPS) is 14.5. The Hall–Kier alpha value is -3.37. The van der Waals surface area contributed by atoms with Crippen molar-refractivity contribution in [2.45, 2.75) is 57.2 Å². The summed E-state index contributed by atoms with van der Waals surface area (Å²) in [5.74, 6) is -0.0961. The van der Waals surface area contributed by atoms with Gasteiger partial charge in [0.25, 0.3) is 0 Å². The molecule has 1 aliphatic carbocycles. The van der Waals surface area contributed by atoms with Crippen LogP contribution in [0.25, 0.3) is 0 Å². The molecule has 0 heterocycles. The first-order valence-electron chi connectivity index (χ1n) is 14.1. The number of sulfonamides is 1. The minimum Gasteiger partial charge on any atom is -0.497 e. The Kier molecular flexibility index (Phi) is 11.0. The topological polar surface area (TPSA) is 96.0 Å². The van der Waals surface area contributed by atoms with E-state index in [0.717, 1.165) is 58.3 Å². The van der Waals surface area contributed by atoms with E-state index in [0.29, 0.717) is 11.4 Å². The van der Waals surface area contributed by atoms with E-state index in [4.69, 9.17) is 4.74 Å². The summed E-state index contributed by atoms with van der Waals surface area (Å²) in [6.07, 6.45) is 6.42. The number of nitrogens with zero attached hydrogens (tertiary/aromatic N) is 2. The average molecular weight is 657 g/mol. The largest absolute Gasteiger partial charge is 0.497 e. The van der Waals surface area contributed by atoms with Gasteiger partial charge in [-0.2, -0.15) is 0 Å². The summed E-state index contributed by atoms with van der Waals surface area (Å²) in [5, 5.41) is 3.21. The maximum Gasteiger partial charge on any atom is 0.244 e. The standard InChI is InChI=1S/C32H38BrN3O5S/c1-41-29-15-9-12-25(20-29)22-35(31(37)23-36(42(2,39)40)28-18-16-26(33)17-19-28)30(21-24-10-5-3-6-11-24)32(38)34-27-13-7-4-8-14-27/h3,5-6,9-12,15-20,27,30H,4,7-8,13-14,21-23H2,1-2H3,(H,34,38)/t30-/m1/s1. The van der Waals surface area contributed by atoms with Crippen molar-refractivity contribution in [1.82, 2.24) is 10.2 Å². The lowest BCUT2D eigenvalue weighted by molar-refractivity contribution is -0.140. The zero-order chi connectivity index (χ0) is 30.1. The van der Waals surface area contributed by atoms with Gasteiger partial charge in [0.1, 0.15) is 18.3 Å². The van der Waals surface area contributed by atoms with Crippen LogP contribution in [0.1, 0.15) is 43.2 Å². The van der Waals surface area contributed by atoms with E-state index in [2.05, 4.69) is 21.2 Å². The van der Waals surface area contributed by atoms with Gasteiger partial charge in [-0.1, -0.05) is 77.7 Å². The quantitative estimate of drug-likeness (QED) is 0.285. The van der Waals surface area contributed by atoms with Crippen molar-refractivity contribution in [1.29, 1.82) is 0 Å². The molecule has 1 N–H and O–H groups in total. The number of benzene rings is 3. The van der Waals surface area contributed by atoms with Crippen LogP contribution in [0.3, 0.4) is 0 Å². The third-order valence-electron chi connectivity index (χ3n) is 7.50. The summed E-state index contributed by atoms with van der Waals surface area (Å²) in [4.78, 5) is 29.7. The molecule has 2 amide bonds. The molecule has 1 atom stereocenters. The molecule has 0 saturated heterocycles. The number of nitrogens with one attached hydrogen (secondary N) is 1. The van der Waals surface area contributed by atoms with Crippen LogP contribution in [0, 0.1) is 0 Å². The molecule has 0 unspecified atom stereocenters. The van der Waals surface area contributed by atoms with Gasteiger partial charge in [-0.15, -0.1) is 0 Å². The van der Waals surface area contributed by atoms with Gasteiger partial charge in [0.05, 0.1) is 19.1 Å². The lowest BCUT2D eigenvalue weighted by atomic mass is 9.94. The number of hydrogen-bond donors (Lipinski definition) is 1. The molecule has 42 heavy (non-hydrogen) atoms. The molecule has 8 nitrogen and oxygen atoms in total. The highest BCUT2D eigenvalue weighted by atomic mass is 79.9. The number of carbonyl (C=O) groups excluding carboxylic acids is 2. The van der Waals surface area contributed by atoms with Gasteiger partial charge >= 0.3 is 0 Å². The summed E-state index contributed by atoms with van der Waals surface area (Å²) in [7, 11) is -2.25. The van der Waals surface area contributed by atoms with Crippen LogP contribution >= 0.6 is 15.9 Å². The maximum absolute atomic E-state index is 14.2. The van der Waals surface area contributed by atoms with Gasteiger partial charge in [-0.25, -0.2) is 8.42 Å². The summed E-state index contributed by atoms with van der Waals surface area (Å²) >= 11 is 3.38. The van der Waals surface area contributed by atoms with Crippen molar-refractivity contribution in [3.63, 3.8) is 0 Å².